The van der Waals surface area contributed by atoms with E-state index >= 15 is 0 Å². The zero-order valence-corrected chi connectivity index (χ0v) is 11.6. The zero-order valence-electron chi connectivity index (χ0n) is 11.6. The third-order valence-electron chi connectivity index (χ3n) is 2.37. The van der Waals surface area contributed by atoms with Crippen molar-refractivity contribution in [1.82, 2.24) is 9.97 Å². The summed E-state index contributed by atoms with van der Waals surface area (Å²) in [5.41, 5.74) is 0. The lowest BCUT2D eigenvalue weighted by Crippen LogP contribution is -2.21. The fraction of sp³-hybridized carbons (Fsp3) is 0.692. The van der Waals surface area contributed by atoms with Crippen molar-refractivity contribution in [1.29, 1.82) is 0 Å². The number of aromatic nitrogens is 2. The van der Waals surface area contributed by atoms with Gasteiger partial charge in [-0.1, -0.05) is 13.8 Å². The van der Waals surface area contributed by atoms with Gasteiger partial charge in [0.2, 0.25) is 5.88 Å². The molecule has 0 aliphatic rings. The first-order valence-corrected chi connectivity index (χ1v) is 6.41. The summed E-state index contributed by atoms with van der Waals surface area (Å²) in [6.45, 7) is 8.97. The van der Waals surface area contributed by atoms with Gasteiger partial charge in [0, 0.05) is 12.6 Å². The van der Waals surface area contributed by atoms with Crippen LogP contribution in [0.25, 0.3) is 0 Å². The number of hydrogen-bond acceptors (Lipinski definition) is 5. The quantitative estimate of drug-likeness (QED) is 0.778. The summed E-state index contributed by atoms with van der Waals surface area (Å²) in [5, 5.41) is 12.9. The van der Waals surface area contributed by atoms with Crippen molar-refractivity contribution < 1.29 is 9.84 Å². The van der Waals surface area contributed by atoms with E-state index in [-0.39, 0.29) is 6.10 Å². The van der Waals surface area contributed by atoms with Crippen molar-refractivity contribution in [3.8, 4) is 5.88 Å². The number of aryl methyl sites for hydroxylation is 1. The molecule has 18 heavy (non-hydrogen) atoms. The maximum atomic E-state index is 9.79. The van der Waals surface area contributed by atoms with E-state index < -0.39 is 0 Å². The minimum absolute atomic E-state index is 0.365. The maximum absolute atomic E-state index is 9.79. The minimum atomic E-state index is -0.365. The van der Waals surface area contributed by atoms with Crippen LogP contribution < -0.4 is 10.1 Å². The smallest absolute Gasteiger partial charge is 0.218 e. The molecular weight excluding hydrogens is 230 g/mol. The van der Waals surface area contributed by atoms with Crippen molar-refractivity contribution in [2.45, 2.75) is 40.2 Å². The van der Waals surface area contributed by atoms with Gasteiger partial charge in [-0.25, -0.2) is 4.98 Å². The fourth-order valence-corrected chi connectivity index (χ4v) is 1.70. The second kappa shape index (κ2) is 7.16. The first kappa shape index (κ1) is 14.7. The molecule has 0 aromatic carbocycles. The van der Waals surface area contributed by atoms with Gasteiger partial charge in [-0.15, -0.1) is 0 Å². The molecule has 0 fully saturated rings. The molecule has 1 aromatic rings. The standard InChI is InChI=1S/C13H23N3O2/c1-5-18-13-7-12(15-10(4)16-13)14-8-11(17)6-9(2)3/h7,9,11,17H,5-6,8H2,1-4H3,(H,14,15,16). The predicted octanol–water partition coefficient (Wildman–Crippen LogP) is 2.00. The van der Waals surface area contributed by atoms with Crippen LogP contribution in [0, 0.1) is 12.8 Å². The van der Waals surface area contributed by atoms with Gasteiger partial charge in [0.05, 0.1) is 12.7 Å². The van der Waals surface area contributed by atoms with Crippen molar-refractivity contribution in [3.63, 3.8) is 0 Å². The van der Waals surface area contributed by atoms with E-state index in [9.17, 15) is 5.11 Å². The highest BCUT2D eigenvalue weighted by Gasteiger charge is 2.08. The van der Waals surface area contributed by atoms with Gasteiger partial charge in [0.15, 0.2) is 0 Å². The Morgan fingerprint density at radius 2 is 2.11 bits per heavy atom. The van der Waals surface area contributed by atoms with Crippen LogP contribution in [0.2, 0.25) is 0 Å². The van der Waals surface area contributed by atoms with Crippen LogP contribution in [0.5, 0.6) is 5.88 Å². The Balaban J connectivity index is 2.56. The minimum Gasteiger partial charge on any atom is -0.478 e. The molecule has 0 saturated heterocycles. The van der Waals surface area contributed by atoms with E-state index in [1.165, 1.54) is 0 Å². The molecule has 0 spiro atoms. The third kappa shape index (κ3) is 5.31. The number of nitrogens with one attached hydrogen (secondary N) is 1. The molecule has 5 heteroatoms. The zero-order chi connectivity index (χ0) is 13.5. The molecule has 1 aromatic heterocycles. The lowest BCUT2D eigenvalue weighted by atomic mass is 10.1. The van der Waals surface area contributed by atoms with Gasteiger partial charge in [0.1, 0.15) is 11.6 Å². The summed E-state index contributed by atoms with van der Waals surface area (Å²) in [4.78, 5) is 8.42. The number of hydrogen-bond donors (Lipinski definition) is 2. The molecule has 0 saturated carbocycles. The highest BCUT2D eigenvalue weighted by molar-refractivity contribution is 5.38. The maximum Gasteiger partial charge on any atom is 0.218 e. The second-order valence-corrected chi connectivity index (χ2v) is 4.74. The molecule has 1 unspecified atom stereocenters. The third-order valence-corrected chi connectivity index (χ3v) is 2.37. The van der Waals surface area contributed by atoms with Gasteiger partial charge in [-0.05, 0) is 26.2 Å². The fourth-order valence-electron chi connectivity index (χ4n) is 1.70. The lowest BCUT2D eigenvalue weighted by Gasteiger charge is -2.14. The van der Waals surface area contributed by atoms with Gasteiger partial charge >= 0.3 is 0 Å². The average molecular weight is 253 g/mol. The van der Waals surface area contributed by atoms with E-state index in [0.29, 0.717) is 36.6 Å². The Hall–Kier alpha value is -1.36. The van der Waals surface area contributed by atoms with Crippen LogP contribution in [-0.2, 0) is 0 Å². The lowest BCUT2D eigenvalue weighted by molar-refractivity contribution is 0.161. The van der Waals surface area contributed by atoms with Gasteiger partial charge in [-0.3, -0.25) is 0 Å². The SMILES string of the molecule is CCOc1cc(NCC(O)CC(C)C)nc(C)n1. The Morgan fingerprint density at radius 1 is 1.39 bits per heavy atom. The Kier molecular flexibility index (Phi) is 5.85. The first-order valence-electron chi connectivity index (χ1n) is 6.41. The molecule has 2 N–H and O–H groups in total. The summed E-state index contributed by atoms with van der Waals surface area (Å²) in [7, 11) is 0. The highest BCUT2D eigenvalue weighted by atomic mass is 16.5. The Labute approximate surface area is 109 Å². The molecular formula is C13H23N3O2. The normalized spacial score (nSPS) is 12.6. The van der Waals surface area contributed by atoms with E-state index in [1.807, 2.05) is 13.8 Å². The number of aliphatic hydroxyl groups excluding tert-OH is 1. The van der Waals surface area contributed by atoms with Crippen molar-refractivity contribution in [3.05, 3.63) is 11.9 Å². The Morgan fingerprint density at radius 3 is 2.72 bits per heavy atom. The second-order valence-electron chi connectivity index (χ2n) is 4.74. The summed E-state index contributed by atoms with van der Waals surface area (Å²) in [6, 6.07) is 1.75. The van der Waals surface area contributed by atoms with Crippen molar-refractivity contribution in [2.75, 3.05) is 18.5 Å². The molecule has 0 aliphatic carbocycles. The summed E-state index contributed by atoms with van der Waals surface area (Å²) in [5.74, 6) is 2.38. The number of nitrogens with zero attached hydrogens (tertiary/aromatic N) is 2. The van der Waals surface area contributed by atoms with E-state index in [0.717, 1.165) is 6.42 Å². The van der Waals surface area contributed by atoms with Crippen LogP contribution >= 0.6 is 0 Å². The van der Waals surface area contributed by atoms with E-state index in [2.05, 4.69) is 29.1 Å². The summed E-state index contributed by atoms with van der Waals surface area (Å²) in [6.07, 6.45) is 0.408. The molecule has 0 aliphatic heterocycles. The molecule has 0 amide bonds. The summed E-state index contributed by atoms with van der Waals surface area (Å²) >= 11 is 0. The van der Waals surface area contributed by atoms with E-state index in [4.69, 9.17) is 4.74 Å². The first-order chi connectivity index (χ1) is 8.51. The van der Waals surface area contributed by atoms with E-state index in [1.54, 1.807) is 6.07 Å². The predicted molar refractivity (Wildman–Crippen MR) is 71.9 cm³/mol. The van der Waals surface area contributed by atoms with Gasteiger partial charge < -0.3 is 15.2 Å². The van der Waals surface area contributed by atoms with Crippen LogP contribution in [-0.4, -0.2) is 34.3 Å². The monoisotopic (exact) mass is 253 g/mol. The van der Waals surface area contributed by atoms with Crippen LogP contribution in [0.1, 0.15) is 33.0 Å². The molecule has 102 valence electrons. The number of ether oxygens (including phenoxy) is 1. The highest BCUT2D eigenvalue weighted by Crippen LogP contribution is 2.14. The van der Waals surface area contributed by atoms with Crippen LogP contribution in [0.3, 0.4) is 0 Å². The van der Waals surface area contributed by atoms with Gasteiger partial charge in [0.25, 0.3) is 0 Å². The molecule has 0 radical (unpaired) electrons. The Bertz CT molecular complexity index is 369. The van der Waals surface area contributed by atoms with Crippen molar-refractivity contribution in [2.24, 2.45) is 5.92 Å². The average Bonchev–Trinajstić information content (AvgIpc) is 2.25. The number of rotatable bonds is 7. The van der Waals surface area contributed by atoms with Crippen LogP contribution in [0.15, 0.2) is 6.07 Å². The van der Waals surface area contributed by atoms with Crippen LogP contribution in [0.4, 0.5) is 5.82 Å². The topological polar surface area (TPSA) is 67.3 Å². The number of aliphatic hydroxyl groups is 1. The molecule has 1 rings (SSSR count). The van der Waals surface area contributed by atoms with Gasteiger partial charge in [-0.2, -0.15) is 4.98 Å². The molecule has 1 heterocycles. The summed E-state index contributed by atoms with van der Waals surface area (Å²) < 4.78 is 5.35. The van der Waals surface area contributed by atoms with Crippen molar-refractivity contribution >= 4 is 5.82 Å². The molecule has 1 atom stereocenters. The molecule has 5 nitrogen and oxygen atoms in total. The largest absolute Gasteiger partial charge is 0.478 e. The molecule has 0 bridgehead atoms. The number of anilines is 1.